The number of amides is 4. The molecule has 2 saturated carbocycles. The predicted molar refractivity (Wildman–Crippen MR) is 180 cm³/mol. The SMILES string of the molecule is COc1ccc2cc1/C=C/CCCOC(=O)N[C@@H](C(C)(C)C)C(=O)N1C[C@@H](C[C@H]1C(=O)N[C@@]1(C(=O)NS(=O)(=O)C3CC3)C[C@H]1C(F)F)c1nnn-2n1. The molecule has 4 amide bonds. The van der Waals surface area contributed by atoms with Gasteiger partial charge in [-0.1, -0.05) is 32.9 Å². The van der Waals surface area contributed by atoms with Crippen LogP contribution >= 0.6 is 0 Å². The number of carbonyl (C=O) groups excluding carboxylic acids is 4. The first-order valence-corrected chi connectivity index (χ1v) is 18.6. The first kappa shape index (κ1) is 37.1. The topological polar surface area (TPSA) is 204 Å². The Morgan fingerprint density at radius 2 is 1.94 bits per heavy atom. The molecule has 5 atom stereocenters. The van der Waals surface area contributed by atoms with Crippen molar-refractivity contribution in [3.8, 4) is 11.4 Å². The summed E-state index contributed by atoms with van der Waals surface area (Å²) in [7, 11) is -2.58. The highest BCUT2D eigenvalue weighted by atomic mass is 32.2. The van der Waals surface area contributed by atoms with E-state index in [9.17, 15) is 36.4 Å². The number of alkyl halides is 2. The number of fused-ring (bicyclic) bond motifs is 8. The maximum atomic E-state index is 14.4. The Morgan fingerprint density at radius 3 is 2.60 bits per heavy atom. The summed E-state index contributed by atoms with van der Waals surface area (Å²) in [5.74, 6) is -4.44. The zero-order valence-electron chi connectivity index (χ0n) is 29.2. The number of hydrogen-bond acceptors (Lipinski definition) is 11. The lowest BCUT2D eigenvalue weighted by Gasteiger charge is -2.35. The van der Waals surface area contributed by atoms with Crippen LogP contribution < -0.4 is 20.1 Å². The molecule has 0 radical (unpaired) electrons. The van der Waals surface area contributed by atoms with E-state index in [4.69, 9.17) is 9.47 Å². The second-order valence-corrected chi connectivity index (χ2v) is 16.7. The molecule has 3 N–H and O–H groups in total. The third kappa shape index (κ3) is 7.59. The van der Waals surface area contributed by atoms with Crippen LogP contribution in [0.4, 0.5) is 13.6 Å². The Labute approximate surface area is 299 Å². The largest absolute Gasteiger partial charge is 0.496 e. The normalized spacial score (nSPS) is 27.4. The van der Waals surface area contributed by atoms with Gasteiger partial charge in [-0.05, 0) is 67.4 Å². The maximum Gasteiger partial charge on any atom is 0.407 e. The van der Waals surface area contributed by atoms with Crippen LogP contribution in [0.3, 0.4) is 0 Å². The lowest BCUT2D eigenvalue weighted by Crippen LogP contribution is -2.60. The molecule has 1 aromatic carbocycles. The number of halogens is 2. The Hall–Kier alpha value is -4.68. The van der Waals surface area contributed by atoms with Gasteiger partial charge in [0.25, 0.3) is 5.91 Å². The number of ether oxygens (including phenoxy) is 2. The van der Waals surface area contributed by atoms with Crippen molar-refractivity contribution in [2.45, 2.75) is 94.5 Å². The molecule has 2 aromatic rings. The van der Waals surface area contributed by atoms with Crippen molar-refractivity contribution in [1.82, 2.24) is 40.5 Å². The number of nitrogens with one attached hydrogen (secondary N) is 3. The van der Waals surface area contributed by atoms with Crippen molar-refractivity contribution in [2.75, 3.05) is 20.3 Å². The number of rotatable bonds is 7. The molecule has 282 valence electrons. The average Bonchev–Trinajstić information content (AvgIpc) is 3.97. The summed E-state index contributed by atoms with van der Waals surface area (Å²) in [6, 6.07) is 2.70. The van der Waals surface area contributed by atoms with Crippen LogP contribution in [0, 0.1) is 11.3 Å². The molecule has 6 bridgehead atoms. The summed E-state index contributed by atoms with van der Waals surface area (Å²) in [5.41, 5.74) is -1.83. The second kappa shape index (κ2) is 14.0. The number of methoxy groups -OCH3 is 1. The number of sulfonamides is 1. The number of carbonyl (C=O) groups is 4. The van der Waals surface area contributed by atoms with E-state index in [0.29, 0.717) is 37.1 Å². The van der Waals surface area contributed by atoms with Crippen LogP contribution in [0.25, 0.3) is 11.8 Å². The molecule has 6 rings (SSSR count). The number of nitrogens with zero attached hydrogens (tertiary/aromatic N) is 5. The van der Waals surface area contributed by atoms with Crippen molar-refractivity contribution in [3.05, 3.63) is 35.7 Å². The Kier molecular flexibility index (Phi) is 10.0. The highest BCUT2D eigenvalue weighted by Crippen LogP contribution is 2.48. The lowest BCUT2D eigenvalue weighted by molar-refractivity contribution is -0.143. The van der Waals surface area contributed by atoms with Crippen LogP contribution in [0.5, 0.6) is 5.75 Å². The predicted octanol–water partition coefficient (Wildman–Crippen LogP) is 2.05. The number of alkyl carbamates (subject to hydrolysis) is 1. The van der Waals surface area contributed by atoms with Gasteiger partial charge in [0, 0.05) is 18.0 Å². The highest BCUT2D eigenvalue weighted by Gasteiger charge is 2.66. The van der Waals surface area contributed by atoms with Gasteiger partial charge in [-0.25, -0.2) is 22.0 Å². The van der Waals surface area contributed by atoms with Crippen LogP contribution in [-0.2, 0) is 29.1 Å². The first-order chi connectivity index (χ1) is 24.5. The van der Waals surface area contributed by atoms with Crippen molar-refractivity contribution in [3.63, 3.8) is 0 Å². The molecule has 0 spiro atoms. The molecule has 4 aliphatic rings. The minimum Gasteiger partial charge on any atom is -0.496 e. The zero-order valence-corrected chi connectivity index (χ0v) is 30.0. The number of hydrogen-bond donors (Lipinski definition) is 3. The van der Waals surface area contributed by atoms with Crippen LogP contribution in [-0.4, -0.2) is 107 Å². The fourth-order valence-corrected chi connectivity index (χ4v) is 7.94. The van der Waals surface area contributed by atoms with E-state index < -0.39 is 86.8 Å². The van der Waals surface area contributed by atoms with Crippen molar-refractivity contribution >= 4 is 39.9 Å². The molecule has 1 aromatic heterocycles. The number of benzene rings is 1. The van der Waals surface area contributed by atoms with Gasteiger partial charge in [-0.2, -0.15) is 0 Å². The van der Waals surface area contributed by atoms with Crippen LogP contribution in [0.15, 0.2) is 24.3 Å². The lowest BCUT2D eigenvalue weighted by atomic mass is 9.85. The molecule has 19 heteroatoms. The van der Waals surface area contributed by atoms with E-state index in [0.717, 1.165) is 5.56 Å². The molecule has 3 heterocycles. The fraction of sp³-hybridized carbons (Fsp3) is 0.606. The molecule has 16 nitrogen and oxygen atoms in total. The van der Waals surface area contributed by atoms with Crippen LogP contribution in [0.2, 0.25) is 0 Å². The van der Waals surface area contributed by atoms with E-state index in [1.165, 1.54) is 16.8 Å². The number of allylic oxidation sites excluding steroid dienone is 1. The molecule has 3 fully saturated rings. The molecule has 0 unspecified atom stereocenters. The summed E-state index contributed by atoms with van der Waals surface area (Å²) in [5, 5.41) is 17.2. The molecular formula is C33H42F2N8O8S. The smallest absolute Gasteiger partial charge is 0.407 e. The minimum absolute atomic E-state index is 0.0481. The standard InChI is InChI=1S/C33H42F2N8O8S/c1-32(2,3)25-29(45)42-17-19(15-23(42)28(44)37-33(16-22(33)26(34)35)30(46)40-52(48,49)21-10-11-21)27-38-41-43(39-27)20-9-12-24(50-4)18(14-20)8-6-5-7-13-51-31(47)36-25/h6,8-9,12,14,19,21-23,25-26H,5,7,10-11,13,15-17H2,1-4H3,(H,36,47)(H,37,44)(H,40,46)/b8-6+/t19-,22+,23+,25-,33+/m1/s1. The van der Waals surface area contributed by atoms with Gasteiger partial charge < -0.3 is 25.0 Å². The van der Waals surface area contributed by atoms with Crippen molar-refractivity contribution < 1.29 is 45.9 Å². The molecular weight excluding hydrogens is 706 g/mol. The monoisotopic (exact) mass is 748 g/mol. The van der Waals surface area contributed by atoms with E-state index in [2.05, 4.69) is 26.0 Å². The van der Waals surface area contributed by atoms with Gasteiger partial charge in [0.2, 0.25) is 28.3 Å². The summed E-state index contributed by atoms with van der Waals surface area (Å²) in [6.45, 7) is 5.06. The van der Waals surface area contributed by atoms with Gasteiger partial charge >= 0.3 is 6.09 Å². The van der Waals surface area contributed by atoms with Crippen molar-refractivity contribution in [2.24, 2.45) is 11.3 Å². The third-order valence-electron chi connectivity index (χ3n) is 9.81. The van der Waals surface area contributed by atoms with E-state index in [1.807, 2.05) is 16.9 Å². The van der Waals surface area contributed by atoms with Gasteiger partial charge in [0.1, 0.15) is 23.4 Å². The quantitative estimate of drug-likeness (QED) is 0.374. The Morgan fingerprint density at radius 1 is 1.19 bits per heavy atom. The summed E-state index contributed by atoms with van der Waals surface area (Å²) in [6.07, 6.45) is 0.945. The second-order valence-electron chi connectivity index (χ2n) is 14.7. The fourth-order valence-electron chi connectivity index (χ4n) is 6.58. The third-order valence-corrected chi connectivity index (χ3v) is 11.6. The van der Waals surface area contributed by atoms with Gasteiger partial charge in [0.15, 0.2) is 5.82 Å². The molecule has 2 aliphatic carbocycles. The molecule has 2 aliphatic heterocycles. The number of aromatic nitrogens is 4. The van der Waals surface area contributed by atoms with Crippen LogP contribution in [0.1, 0.15) is 76.6 Å². The molecule has 1 saturated heterocycles. The first-order valence-electron chi connectivity index (χ1n) is 17.1. The summed E-state index contributed by atoms with van der Waals surface area (Å²) < 4.78 is 66.0. The van der Waals surface area contributed by atoms with Gasteiger partial charge in [0.05, 0.1) is 30.6 Å². The minimum atomic E-state index is -4.12. The van der Waals surface area contributed by atoms with E-state index in [1.54, 1.807) is 39.0 Å². The highest BCUT2D eigenvalue weighted by molar-refractivity contribution is 7.91. The van der Waals surface area contributed by atoms with Gasteiger partial charge in [-0.15, -0.1) is 15.0 Å². The van der Waals surface area contributed by atoms with Crippen molar-refractivity contribution in [1.29, 1.82) is 0 Å². The average molecular weight is 749 g/mol. The van der Waals surface area contributed by atoms with E-state index >= 15 is 0 Å². The van der Waals surface area contributed by atoms with Gasteiger partial charge in [-0.3, -0.25) is 19.1 Å². The maximum absolute atomic E-state index is 14.4. The Balaban J connectivity index is 1.34. The van der Waals surface area contributed by atoms with E-state index in [-0.39, 0.29) is 25.4 Å². The number of tetrazole rings is 1. The Bertz CT molecular complexity index is 1880. The zero-order chi connectivity index (χ0) is 37.6. The summed E-state index contributed by atoms with van der Waals surface area (Å²) >= 11 is 0. The number of cyclic esters (lactones) is 1. The summed E-state index contributed by atoms with van der Waals surface area (Å²) in [4.78, 5) is 57.2. The molecule has 52 heavy (non-hydrogen) atoms.